The first kappa shape index (κ1) is 12.9. The molecule has 0 unspecified atom stereocenters. The van der Waals surface area contributed by atoms with Gasteiger partial charge in [0.1, 0.15) is 11.8 Å². The SMILES string of the molecule is CCCCN(CC(N)=O)c1nccc(C#N)n1. The van der Waals surface area contributed by atoms with Crippen molar-refractivity contribution in [1.29, 1.82) is 5.26 Å². The number of rotatable bonds is 6. The average molecular weight is 233 g/mol. The Labute approximate surface area is 100 Å². The number of amides is 1. The van der Waals surface area contributed by atoms with E-state index in [9.17, 15) is 4.79 Å². The third-order valence-electron chi connectivity index (χ3n) is 2.17. The van der Waals surface area contributed by atoms with E-state index in [1.165, 1.54) is 12.3 Å². The van der Waals surface area contributed by atoms with Crippen molar-refractivity contribution in [1.82, 2.24) is 9.97 Å². The Balaban J connectivity index is 2.87. The van der Waals surface area contributed by atoms with Crippen LogP contribution in [0.3, 0.4) is 0 Å². The Hall–Kier alpha value is -2.16. The van der Waals surface area contributed by atoms with Crippen LogP contribution in [0.15, 0.2) is 12.3 Å². The van der Waals surface area contributed by atoms with Crippen LogP contribution in [0.4, 0.5) is 5.95 Å². The van der Waals surface area contributed by atoms with Crippen molar-refractivity contribution in [2.24, 2.45) is 5.73 Å². The summed E-state index contributed by atoms with van der Waals surface area (Å²) in [6.45, 7) is 2.76. The summed E-state index contributed by atoms with van der Waals surface area (Å²) in [4.78, 5) is 20.7. The van der Waals surface area contributed by atoms with Crippen molar-refractivity contribution in [2.75, 3.05) is 18.0 Å². The molecule has 0 radical (unpaired) electrons. The van der Waals surface area contributed by atoms with Gasteiger partial charge in [0, 0.05) is 12.7 Å². The average Bonchev–Trinajstić information content (AvgIpc) is 2.34. The molecule has 0 bridgehead atoms. The second-order valence-electron chi connectivity index (χ2n) is 3.60. The molecule has 1 amide bonds. The third kappa shape index (κ3) is 4.07. The van der Waals surface area contributed by atoms with E-state index in [1.807, 2.05) is 6.07 Å². The van der Waals surface area contributed by atoms with Crippen LogP contribution in [0.1, 0.15) is 25.5 Å². The molecule has 0 spiro atoms. The van der Waals surface area contributed by atoms with Crippen molar-refractivity contribution in [2.45, 2.75) is 19.8 Å². The highest BCUT2D eigenvalue weighted by atomic mass is 16.1. The van der Waals surface area contributed by atoms with Crippen molar-refractivity contribution in [3.8, 4) is 6.07 Å². The molecule has 90 valence electrons. The summed E-state index contributed by atoms with van der Waals surface area (Å²) in [6.07, 6.45) is 3.40. The number of nitrogens with two attached hydrogens (primary N) is 1. The molecule has 0 aliphatic carbocycles. The molecule has 6 nitrogen and oxygen atoms in total. The fourth-order valence-corrected chi connectivity index (χ4v) is 1.35. The number of primary amides is 1. The summed E-state index contributed by atoms with van der Waals surface area (Å²) < 4.78 is 0. The van der Waals surface area contributed by atoms with Gasteiger partial charge in [0.15, 0.2) is 0 Å². The van der Waals surface area contributed by atoms with Crippen LogP contribution in [0, 0.1) is 11.3 Å². The normalized spacial score (nSPS) is 9.65. The van der Waals surface area contributed by atoms with Crippen LogP contribution in [-0.4, -0.2) is 29.0 Å². The van der Waals surface area contributed by atoms with Crippen LogP contribution in [0.2, 0.25) is 0 Å². The Morgan fingerprint density at radius 2 is 2.41 bits per heavy atom. The van der Waals surface area contributed by atoms with Gasteiger partial charge in [-0.15, -0.1) is 0 Å². The van der Waals surface area contributed by atoms with Crippen LogP contribution in [0.5, 0.6) is 0 Å². The zero-order chi connectivity index (χ0) is 12.7. The lowest BCUT2D eigenvalue weighted by Gasteiger charge is -2.20. The predicted octanol–water partition coefficient (Wildman–Crippen LogP) is 0.440. The first-order valence-electron chi connectivity index (χ1n) is 5.43. The molecule has 1 aromatic rings. The summed E-state index contributed by atoms with van der Waals surface area (Å²) in [7, 11) is 0. The second kappa shape index (κ2) is 6.43. The lowest BCUT2D eigenvalue weighted by molar-refractivity contribution is -0.116. The van der Waals surface area contributed by atoms with Crippen LogP contribution >= 0.6 is 0 Å². The van der Waals surface area contributed by atoms with E-state index in [4.69, 9.17) is 11.0 Å². The van der Waals surface area contributed by atoms with Gasteiger partial charge in [-0.3, -0.25) is 4.79 Å². The summed E-state index contributed by atoms with van der Waals surface area (Å²) in [6, 6.07) is 3.46. The summed E-state index contributed by atoms with van der Waals surface area (Å²) in [5.41, 5.74) is 5.45. The monoisotopic (exact) mass is 233 g/mol. The van der Waals surface area contributed by atoms with Crippen LogP contribution in [0.25, 0.3) is 0 Å². The molecule has 0 saturated heterocycles. The smallest absolute Gasteiger partial charge is 0.237 e. The highest BCUT2D eigenvalue weighted by Gasteiger charge is 2.12. The van der Waals surface area contributed by atoms with Gasteiger partial charge in [0.05, 0.1) is 6.54 Å². The fraction of sp³-hybridized carbons (Fsp3) is 0.455. The number of nitriles is 1. The van der Waals surface area contributed by atoms with Crippen LogP contribution < -0.4 is 10.6 Å². The van der Waals surface area contributed by atoms with E-state index >= 15 is 0 Å². The molecule has 0 atom stereocenters. The van der Waals surface area contributed by atoms with Gasteiger partial charge in [0.2, 0.25) is 11.9 Å². The first-order valence-corrected chi connectivity index (χ1v) is 5.43. The largest absolute Gasteiger partial charge is 0.368 e. The van der Waals surface area contributed by atoms with E-state index < -0.39 is 5.91 Å². The van der Waals surface area contributed by atoms with E-state index in [-0.39, 0.29) is 12.2 Å². The molecule has 0 aliphatic rings. The topological polar surface area (TPSA) is 95.9 Å². The fourth-order valence-electron chi connectivity index (χ4n) is 1.35. The number of carbonyl (C=O) groups is 1. The van der Waals surface area contributed by atoms with Gasteiger partial charge in [-0.25, -0.2) is 9.97 Å². The number of hydrogen-bond acceptors (Lipinski definition) is 5. The number of unbranched alkanes of at least 4 members (excludes halogenated alkanes) is 1. The van der Waals surface area contributed by atoms with E-state index in [0.29, 0.717) is 12.5 Å². The molecule has 1 rings (SSSR count). The Morgan fingerprint density at radius 1 is 1.65 bits per heavy atom. The minimum Gasteiger partial charge on any atom is -0.368 e. The zero-order valence-corrected chi connectivity index (χ0v) is 9.76. The Kier molecular flexibility index (Phi) is 4.88. The van der Waals surface area contributed by atoms with Gasteiger partial charge in [-0.05, 0) is 12.5 Å². The highest BCUT2D eigenvalue weighted by Crippen LogP contribution is 2.08. The molecule has 1 aromatic heterocycles. The maximum Gasteiger partial charge on any atom is 0.237 e. The Morgan fingerprint density at radius 3 is 3.00 bits per heavy atom. The van der Waals surface area contributed by atoms with Gasteiger partial charge in [0.25, 0.3) is 0 Å². The van der Waals surface area contributed by atoms with Crippen molar-refractivity contribution in [3.63, 3.8) is 0 Å². The second-order valence-corrected chi connectivity index (χ2v) is 3.60. The molecule has 6 heteroatoms. The number of carbonyl (C=O) groups excluding carboxylic acids is 1. The Bertz CT molecular complexity index is 426. The highest BCUT2D eigenvalue weighted by molar-refractivity contribution is 5.78. The standard InChI is InChI=1S/C11H15N5O/c1-2-3-6-16(8-10(13)17)11-14-5-4-9(7-12)15-11/h4-5H,2-3,6,8H2,1H3,(H2,13,17). The van der Waals surface area contributed by atoms with Crippen molar-refractivity contribution < 1.29 is 4.79 Å². The number of nitrogens with zero attached hydrogens (tertiary/aromatic N) is 4. The molecular formula is C11H15N5O. The van der Waals surface area contributed by atoms with Crippen molar-refractivity contribution >= 4 is 11.9 Å². The number of hydrogen-bond donors (Lipinski definition) is 1. The van der Waals surface area contributed by atoms with Crippen molar-refractivity contribution in [3.05, 3.63) is 18.0 Å². The zero-order valence-electron chi connectivity index (χ0n) is 9.76. The molecule has 2 N–H and O–H groups in total. The summed E-state index contributed by atoms with van der Waals surface area (Å²) in [5, 5.41) is 8.75. The number of anilines is 1. The lowest BCUT2D eigenvalue weighted by Crippen LogP contribution is -2.35. The van der Waals surface area contributed by atoms with Gasteiger partial charge in [-0.2, -0.15) is 5.26 Å². The molecule has 0 saturated carbocycles. The molecule has 0 aromatic carbocycles. The molecular weight excluding hydrogens is 218 g/mol. The minimum absolute atomic E-state index is 0.0644. The maximum absolute atomic E-state index is 11.0. The van der Waals surface area contributed by atoms with E-state index in [2.05, 4.69) is 16.9 Å². The maximum atomic E-state index is 11.0. The van der Waals surface area contributed by atoms with Crippen LogP contribution in [-0.2, 0) is 4.79 Å². The molecule has 17 heavy (non-hydrogen) atoms. The molecule has 0 aliphatic heterocycles. The quantitative estimate of drug-likeness (QED) is 0.769. The third-order valence-corrected chi connectivity index (χ3v) is 2.17. The summed E-state index contributed by atoms with van der Waals surface area (Å²) in [5.74, 6) is -0.0663. The van der Waals surface area contributed by atoms with E-state index in [1.54, 1.807) is 4.90 Å². The summed E-state index contributed by atoms with van der Waals surface area (Å²) >= 11 is 0. The van der Waals surface area contributed by atoms with Gasteiger partial charge in [-0.1, -0.05) is 13.3 Å². The van der Waals surface area contributed by atoms with E-state index in [0.717, 1.165) is 12.8 Å². The number of aromatic nitrogens is 2. The van der Waals surface area contributed by atoms with Gasteiger partial charge < -0.3 is 10.6 Å². The van der Waals surface area contributed by atoms with Gasteiger partial charge >= 0.3 is 0 Å². The molecule has 0 fully saturated rings. The molecule has 1 heterocycles. The minimum atomic E-state index is -0.438. The predicted molar refractivity (Wildman–Crippen MR) is 63.1 cm³/mol. The first-order chi connectivity index (χ1) is 8.17. The lowest BCUT2D eigenvalue weighted by atomic mass is 10.3.